The topological polar surface area (TPSA) is 76.1 Å². The minimum absolute atomic E-state index is 0.170. The Morgan fingerprint density at radius 1 is 0.939 bits per heavy atom. The van der Waals surface area contributed by atoms with Crippen LogP contribution in [0.15, 0.2) is 60.7 Å². The molecule has 33 heavy (non-hydrogen) atoms. The number of likely N-dealkylation sites (tertiary alicyclic amines) is 1. The molecular weight excluding hydrogens is 416 g/mol. The molecule has 0 saturated carbocycles. The van der Waals surface area contributed by atoms with E-state index in [0.29, 0.717) is 25.1 Å². The lowest BCUT2D eigenvalue weighted by Crippen LogP contribution is -2.57. The van der Waals surface area contributed by atoms with E-state index < -0.39 is 11.1 Å². The van der Waals surface area contributed by atoms with Gasteiger partial charge in [-0.05, 0) is 44.5 Å². The van der Waals surface area contributed by atoms with Crippen molar-refractivity contribution in [1.82, 2.24) is 15.1 Å². The molecule has 7 heteroatoms. The number of nitrogens with zero attached hydrogens (tertiary/aromatic N) is 3. The number of carbonyl (C=O) groups is 2. The van der Waals surface area contributed by atoms with Gasteiger partial charge in [0.05, 0.1) is 12.1 Å². The quantitative estimate of drug-likeness (QED) is 0.704. The molecule has 0 unspecified atom stereocenters. The van der Waals surface area contributed by atoms with Crippen LogP contribution in [-0.2, 0) is 4.79 Å². The Labute approximate surface area is 196 Å². The number of rotatable bonds is 6. The van der Waals surface area contributed by atoms with Crippen molar-refractivity contribution in [2.75, 3.05) is 50.7 Å². The molecular formula is C26H34N4O3. The van der Waals surface area contributed by atoms with Crippen LogP contribution in [0.4, 0.5) is 5.69 Å². The minimum Gasteiger partial charge on any atom is -0.387 e. The molecule has 4 rings (SSSR count). The average Bonchev–Trinajstić information content (AvgIpc) is 3.21. The smallest absolute Gasteiger partial charge is 0.252 e. The summed E-state index contributed by atoms with van der Waals surface area (Å²) in [6.07, 6.45) is 0.542. The molecule has 2 aromatic carbocycles. The number of piperazine rings is 1. The predicted molar refractivity (Wildman–Crippen MR) is 129 cm³/mol. The number of amides is 2. The normalized spacial score (nSPS) is 21.8. The third-order valence-electron chi connectivity index (χ3n) is 6.63. The van der Waals surface area contributed by atoms with Crippen molar-refractivity contribution in [2.24, 2.45) is 0 Å². The Morgan fingerprint density at radius 2 is 1.55 bits per heavy atom. The molecule has 1 atom stereocenters. The molecule has 0 radical (unpaired) electrons. The number of anilines is 1. The van der Waals surface area contributed by atoms with E-state index >= 15 is 0 Å². The molecule has 2 saturated heterocycles. The van der Waals surface area contributed by atoms with Gasteiger partial charge in [-0.1, -0.05) is 36.4 Å². The molecule has 2 N–H and O–H groups in total. The summed E-state index contributed by atoms with van der Waals surface area (Å²) >= 11 is 0. The summed E-state index contributed by atoms with van der Waals surface area (Å²) in [5, 5.41) is 14.1. The summed E-state index contributed by atoms with van der Waals surface area (Å²) in [4.78, 5) is 32.1. The van der Waals surface area contributed by atoms with Crippen molar-refractivity contribution < 1.29 is 14.7 Å². The molecule has 0 spiro atoms. The number of aliphatic hydroxyl groups is 1. The Balaban J connectivity index is 1.29. The van der Waals surface area contributed by atoms with Crippen molar-refractivity contribution in [3.8, 4) is 0 Å². The first-order valence-corrected chi connectivity index (χ1v) is 11.7. The van der Waals surface area contributed by atoms with E-state index in [0.717, 1.165) is 26.2 Å². The van der Waals surface area contributed by atoms with E-state index in [-0.39, 0.29) is 18.4 Å². The van der Waals surface area contributed by atoms with Gasteiger partial charge in [0.25, 0.3) is 5.91 Å². The molecule has 2 aliphatic heterocycles. The van der Waals surface area contributed by atoms with Gasteiger partial charge in [0.15, 0.2) is 0 Å². The minimum atomic E-state index is -1.06. The highest BCUT2D eigenvalue weighted by Crippen LogP contribution is 2.26. The fraction of sp³-hybridized carbons (Fsp3) is 0.462. The number of benzene rings is 2. The van der Waals surface area contributed by atoms with Crippen molar-refractivity contribution in [3.63, 3.8) is 0 Å². The lowest BCUT2D eigenvalue weighted by molar-refractivity contribution is -0.136. The zero-order valence-electron chi connectivity index (χ0n) is 19.5. The van der Waals surface area contributed by atoms with Gasteiger partial charge in [-0.25, -0.2) is 0 Å². The monoisotopic (exact) mass is 450 g/mol. The first-order chi connectivity index (χ1) is 15.8. The predicted octanol–water partition coefficient (Wildman–Crippen LogP) is 1.98. The van der Waals surface area contributed by atoms with E-state index in [1.165, 1.54) is 5.69 Å². The van der Waals surface area contributed by atoms with Crippen LogP contribution in [0.2, 0.25) is 0 Å². The van der Waals surface area contributed by atoms with E-state index in [4.69, 9.17) is 0 Å². The fourth-order valence-electron chi connectivity index (χ4n) is 4.77. The summed E-state index contributed by atoms with van der Waals surface area (Å²) in [7, 11) is 0. The van der Waals surface area contributed by atoms with E-state index in [1.807, 2.05) is 12.1 Å². The van der Waals surface area contributed by atoms with Crippen molar-refractivity contribution >= 4 is 17.5 Å². The molecule has 2 amide bonds. The number of β-amino-alcohol motifs (C(OH)–C–C–N with tert-alkyl or cyclic N) is 1. The van der Waals surface area contributed by atoms with Gasteiger partial charge < -0.3 is 20.2 Å². The maximum absolute atomic E-state index is 13.2. The third-order valence-corrected chi connectivity index (χ3v) is 6.63. The van der Waals surface area contributed by atoms with Crippen LogP contribution < -0.4 is 10.2 Å². The van der Waals surface area contributed by atoms with Gasteiger partial charge in [-0.15, -0.1) is 0 Å². The summed E-state index contributed by atoms with van der Waals surface area (Å²) in [5.41, 5.74) is -0.233. The van der Waals surface area contributed by atoms with E-state index in [9.17, 15) is 14.7 Å². The van der Waals surface area contributed by atoms with Crippen LogP contribution in [0.5, 0.6) is 0 Å². The van der Waals surface area contributed by atoms with Crippen LogP contribution in [0, 0.1) is 0 Å². The van der Waals surface area contributed by atoms with Crippen molar-refractivity contribution in [1.29, 1.82) is 0 Å². The highest BCUT2D eigenvalue weighted by atomic mass is 16.3. The number of carbonyl (C=O) groups excluding carboxylic acids is 2. The van der Waals surface area contributed by atoms with Gasteiger partial charge in [-0.3, -0.25) is 14.5 Å². The molecule has 0 aromatic heterocycles. The van der Waals surface area contributed by atoms with Gasteiger partial charge in [-0.2, -0.15) is 0 Å². The number of para-hydroxylation sites is 1. The third kappa shape index (κ3) is 5.54. The maximum atomic E-state index is 13.2. The Kier molecular flexibility index (Phi) is 6.72. The lowest BCUT2D eigenvalue weighted by Gasteiger charge is -2.39. The lowest BCUT2D eigenvalue weighted by atomic mass is 10.0. The second kappa shape index (κ2) is 9.53. The Bertz CT molecular complexity index is 958. The second-order valence-corrected chi connectivity index (χ2v) is 9.74. The first-order valence-electron chi connectivity index (χ1n) is 11.7. The van der Waals surface area contributed by atoms with E-state index in [1.54, 1.807) is 43.0 Å². The molecule has 176 valence electrons. The molecule has 2 aliphatic rings. The highest BCUT2D eigenvalue weighted by molar-refractivity contribution is 5.99. The van der Waals surface area contributed by atoms with Gasteiger partial charge >= 0.3 is 0 Å². The molecule has 2 aromatic rings. The standard InChI is InChI=1S/C26H34N4O3/c1-25(2,27-23(31)21-9-5-3-6-10-21)24(32)30-14-13-26(33,20-30)19-28-15-17-29(18-16-28)22-11-7-4-8-12-22/h3-12,33H,13-20H2,1-2H3,(H,27,31)/t26-/m0/s1. The van der Waals surface area contributed by atoms with Crippen molar-refractivity contribution in [3.05, 3.63) is 66.2 Å². The van der Waals surface area contributed by atoms with Crippen LogP contribution in [0.1, 0.15) is 30.6 Å². The maximum Gasteiger partial charge on any atom is 0.252 e. The van der Waals surface area contributed by atoms with Crippen LogP contribution in [-0.4, -0.2) is 83.7 Å². The van der Waals surface area contributed by atoms with Gasteiger partial charge in [0.1, 0.15) is 5.54 Å². The molecule has 0 aliphatic carbocycles. The molecule has 2 heterocycles. The molecule has 7 nitrogen and oxygen atoms in total. The largest absolute Gasteiger partial charge is 0.387 e. The zero-order valence-corrected chi connectivity index (χ0v) is 19.5. The van der Waals surface area contributed by atoms with Crippen LogP contribution in [0.25, 0.3) is 0 Å². The number of nitrogens with one attached hydrogen (secondary N) is 1. The highest BCUT2D eigenvalue weighted by Gasteiger charge is 2.44. The summed E-state index contributed by atoms with van der Waals surface area (Å²) in [5.74, 6) is -0.448. The average molecular weight is 451 g/mol. The van der Waals surface area contributed by atoms with E-state index in [2.05, 4.69) is 39.4 Å². The SMILES string of the molecule is CC(C)(NC(=O)c1ccccc1)C(=O)N1CC[C@](O)(CN2CCN(c3ccccc3)CC2)C1. The Morgan fingerprint density at radius 3 is 2.18 bits per heavy atom. The molecule has 0 bridgehead atoms. The summed E-state index contributed by atoms with van der Waals surface area (Å²) in [6.45, 7) is 8.36. The summed E-state index contributed by atoms with van der Waals surface area (Å²) < 4.78 is 0. The Hall–Kier alpha value is -2.90. The van der Waals surface area contributed by atoms with Crippen LogP contribution in [0.3, 0.4) is 0 Å². The summed E-state index contributed by atoms with van der Waals surface area (Å²) in [6, 6.07) is 19.3. The second-order valence-electron chi connectivity index (χ2n) is 9.74. The molecule has 2 fully saturated rings. The number of hydrogen-bond acceptors (Lipinski definition) is 5. The zero-order chi connectivity index (χ0) is 23.5. The van der Waals surface area contributed by atoms with Crippen LogP contribution >= 0.6 is 0 Å². The first kappa shape index (κ1) is 23.3. The number of hydrogen-bond donors (Lipinski definition) is 2. The van der Waals surface area contributed by atoms with Crippen molar-refractivity contribution in [2.45, 2.75) is 31.4 Å². The van der Waals surface area contributed by atoms with Gasteiger partial charge in [0.2, 0.25) is 5.91 Å². The fourth-order valence-corrected chi connectivity index (χ4v) is 4.77. The van der Waals surface area contributed by atoms with Gasteiger partial charge in [0, 0.05) is 50.5 Å².